The van der Waals surface area contributed by atoms with Crippen molar-refractivity contribution in [3.05, 3.63) is 29.3 Å². The van der Waals surface area contributed by atoms with E-state index in [-0.39, 0.29) is 11.5 Å². The van der Waals surface area contributed by atoms with E-state index in [1.54, 1.807) is 7.11 Å². The Morgan fingerprint density at radius 2 is 2.18 bits per heavy atom. The van der Waals surface area contributed by atoms with Crippen molar-refractivity contribution in [2.45, 2.75) is 31.7 Å². The maximum atomic E-state index is 5.96. The average molecular weight is 235 g/mol. The van der Waals surface area contributed by atoms with Gasteiger partial charge in [-0.25, -0.2) is 0 Å². The summed E-state index contributed by atoms with van der Waals surface area (Å²) >= 11 is 0. The first-order valence-corrected chi connectivity index (χ1v) is 6.06. The Hall–Kier alpha value is -1.06. The van der Waals surface area contributed by atoms with Crippen molar-refractivity contribution in [2.24, 2.45) is 5.73 Å². The van der Waals surface area contributed by atoms with E-state index >= 15 is 0 Å². The fourth-order valence-corrected chi connectivity index (χ4v) is 2.58. The van der Waals surface area contributed by atoms with Gasteiger partial charge in [-0.05, 0) is 26.3 Å². The number of methoxy groups -OCH3 is 1. The van der Waals surface area contributed by atoms with E-state index in [2.05, 4.69) is 19.1 Å². The van der Waals surface area contributed by atoms with Crippen LogP contribution in [0.25, 0.3) is 0 Å². The third-order valence-corrected chi connectivity index (χ3v) is 3.40. The maximum Gasteiger partial charge on any atom is 0.122 e. The summed E-state index contributed by atoms with van der Waals surface area (Å²) in [7, 11) is 1.72. The number of benzene rings is 1. The Balaban J connectivity index is 2.39. The van der Waals surface area contributed by atoms with Gasteiger partial charge in [0, 0.05) is 17.0 Å². The molecule has 1 fully saturated rings. The molecule has 0 aromatic heterocycles. The van der Waals surface area contributed by atoms with E-state index in [0.29, 0.717) is 0 Å². The number of aryl methyl sites for hydroxylation is 1. The molecule has 1 heterocycles. The van der Waals surface area contributed by atoms with Crippen LogP contribution in [-0.2, 0) is 10.2 Å². The van der Waals surface area contributed by atoms with Crippen molar-refractivity contribution in [3.63, 3.8) is 0 Å². The van der Waals surface area contributed by atoms with Gasteiger partial charge in [0.15, 0.2) is 0 Å². The SMILES string of the molecule is COc1ccc(C)cc1C1(CC(C)N)COC1. The van der Waals surface area contributed by atoms with Crippen LogP contribution < -0.4 is 10.5 Å². The molecule has 1 aliphatic heterocycles. The summed E-state index contributed by atoms with van der Waals surface area (Å²) in [6, 6.07) is 6.47. The van der Waals surface area contributed by atoms with Gasteiger partial charge < -0.3 is 15.2 Å². The van der Waals surface area contributed by atoms with Crippen LogP contribution in [0.3, 0.4) is 0 Å². The Morgan fingerprint density at radius 3 is 2.65 bits per heavy atom. The second kappa shape index (κ2) is 4.67. The molecule has 0 radical (unpaired) electrons. The number of hydrogen-bond acceptors (Lipinski definition) is 3. The zero-order valence-electron chi connectivity index (χ0n) is 10.8. The molecule has 2 N–H and O–H groups in total. The summed E-state index contributed by atoms with van der Waals surface area (Å²) in [6.45, 7) is 5.63. The van der Waals surface area contributed by atoms with Gasteiger partial charge in [-0.1, -0.05) is 17.7 Å². The van der Waals surface area contributed by atoms with Crippen molar-refractivity contribution in [1.29, 1.82) is 0 Å². The van der Waals surface area contributed by atoms with Crippen LogP contribution >= 0.6 is 0 Å². The number of rotatable bonds is 4. The molecule has 3 nitrogen and oxygen atoms in total. The Bertz CT molecular complexity index is 397. The lowest BCUT2D eigenvalue weighted by Gasteiger charge is -2.43. The van der Waals surface area contributed by atoms with Crippen LogP contribution in [-0.4, -0.2) is 26.4 Å². The normalized spacial score (nSPS) is 19.5. The minimum absolute atomic E-state index is 0.0472. The largest absolute Gasteiger partial charge is 0.496 e. The standard InChI is InChI=1S/C14H21NO2/c1-10-4-5-13(16-3)12(6-10)14(7-11(2)15)8-17-9-14/h4-6,11H,7-9,15H2,1-3H3. The summed E-state index contributed by atoms with van der Waals surface area (Å²) in [4.78, 5) is 0. The van der Waals surface area contributed by atoms with Gasteiger partial charge in [0.05, 0.1) is 20.3 Å². The predicted molar refractivity (Wildman–Crippen MR) is 68.5 cm³/mol. The van der Waals surface area contributed by atoms with Crippen molar-refractivity contribution in [2.75, 3.05) is 20.3 Å². The van der Waals surface area contributed by atoms with Gasteiger partial charge in [-0.15, -0.1) is 0 Å². The molecule has 0 aliphatic carbocycles. The molecule has 94 valence electrons. The van der Waals surface area contributed by atoms with Gasteiger partial charge in [-0.3, -0.25) is 0 Å². The molecule has 3 heteroatoms. The third-order valence-electron chi connectivity index (χ3n) is 3.40. The van der Waals surface area contributed by atoms with E-state index in [4.69, 9.17) is 15.2 Å². The van der Waals surface area contributed by atoms with E-state index < -0.39 is 0 Å². The molecule has 0 amide bonds. The summed E-state index contributed by atoms with van der Waals surface area (Å²) in [6.07, 6.45) is 0.937. The van der Waals surface area contributed by atoms with Crippen molar-refractivity contribution in [1.82, 2.24) is 0 Å². The molecule has 1 saturated heterocycles. The molecule has 1 aromatic rings. The van der Waals surface area contributed by atoms with E-state index in [0.717, 1.165) is 25.4 Å². The number of nitrogens with two attached hydrogens (primary N) is 1. The molecule has 0 spiro atoms. The zero-order valence-corrected chi connectivity index (χ0v) is 10.8. The molecule has 1 unspecified atom stereocenters. The first kappa shape index (κ1) is 12.4. The quantitative estimate of drug-likeness (QED) is 0.868. The maximum absolute atomic E-state index is 5.96. The lowest BCUT2D eigenvalue weighted by atomic mass is 9.73. The first-order valence-electron chi connectivity index (χ1n) is 6.06. The van der Waals surface area contributed by atoms with Crippen LogP contribution in [0.5, 0.6) is 5.75 Å². The highest BCUT2D eigenvalue weighted by Crippen LogP contribution is 2.41. The molecule has 1 aromatic carbocycles. The van der Waals surface area contributed by atoms with Crippen LogP contribution in [0, 0.1) is 6.92 Å². The van der Waals surface area contributed by atoms with E-state index in [1.165, 1.54) is 11.1 Å². The summed E-state index contributed by atoms with van der Waals surface area (Å²) in [5.74, 6) is 0.944. The smallest absolute Gasteiger partial charge is 0.122 e. The number of ether oxygens (including phenoxy) is 2. The van der Waals surface area contributed by atoms with Gasteiger partial charge in [0.2, 0.25) is 0 Å². The van der Waals surface area contributed by atoms with Gasteiger partial charge in [-0.2, -0.15) is 0 Å². The Labute approximate surface area is 103 Å². The van der Waals surface area contributed by atoms with Crippen molar-refractivity contribution < 1.29 is 9.47 Å². The molecule has 1 aliphatic rings. The predicted octanol–water partition coefficient (Wildman–Crippen LogP) is 2.01. The van der Waals surface area contributed by atoms with E-state index in [1.807, 2.05) is 13.0 Å². The minimum Gasteiger partial charge on any atom is -0.496 e. The highest BCUT2D eigenvalue weighted by atomic mass is 16.5. The fourth-order valence-electron chi connectivity index (χ4n) is 2.58. The number of hydrogen-bond donors (Lipinski definition) is 1. The van der Waals surface area contributed by atoms with Crippen LogP contribution in [0.4, 0.5) is 0 Å². The van der Waals surface area contributed by atoms with Gasteiger partial charge in [0.1, 0.15) is 5.75 Å². The van der Waals surface area contributed by atoms with Gasteiger partial charge >= 0.3 is 0 Å². The molecular weight excluding hydrogens is 214 g/mol. The molecule has 17 heavy (non-hydrogen) atoms. The molecule has 1 atom stereocenters. The van der Waals surface area contributed by atoms with Crippen molar-refractivity contribution in [3.8, 4) is 5.75 Å². The molecule has 0 bridgehead atoms. The average Bonchev–Trinajstić information content (AvgIpc) is 2.23. The lowest BCUT2D eigenvalue weighted by molar-refractivity contribution is -0.0674. The highest BCUT2D eigenvalue weighted by molar-refractivity contribution is 5.44. The Kier molecular flexibility index (Phi) is 3.40. The van der Waals surface area contributed by atoms with Crippen LogP contribution in [0.1, 0.15) is 24.5 Å². The molecular formula is C14H21NO2. The Morgan fingerprint density at radius 1 is 1.47 bits per heavy atom. The third kappa shape index (κ3) is 2.31. The highest BCUT2D eigenvalue weighted by Gasteiger charge is 2.42. The van der Waals surface area contributed by atoms with Crippen LogP contribution in [0.2, 0.25) is 0 Å². The fraction of sp³-hybridized carbons (Fsp3) is 0.571. The van der Waals surface area contributed by atoms with E-state index in [9.17, 15) is 0 Å². The summed E-state index contributed by atoms with van der Waals surface area (Å²) < 4.78 is 10.9. The molecule has 2 rings (SSSR count). The zero-order chi connectivity index (χ0) is 12.5. The lowest BCUT2D eigenvalue weighted by Crippen LogP contribution is -2.50. The van der Waals surface area contributed by atoms with Gasteiger partial charge in [0.25, 0.3) is 0 Å². The first-order chi connectivity index (χ1) is 8.07. The topological polar surface area (TPSA) is 44.5 Å². The monoisotopic (exact) mass is 235 g/mol. The second-order valence-corrected chi connectivity index (χ2v) is 5.16. The molecule has 0 saturated carbocycles. The summed E-state index contributed by atoms with van der Waals surface area (Å²) in [5.41, 5.74) is 8.49. The minimum atomic E-state index is 0.0472. The van der Waals surface area contributed by atoms with Crippen molar-refractivity contribution >= 4 is 0 Å². The second-order valence-electron chi connectivity index (χ2n) is 5.16. The van der Waals surface area contributed by atoms with Crippen LogP contribution in [0.15, 0.2) is 18.2 Å². The summed E-state index contributed by atoms with van der Waals surface area (Å²) in [5, 5.41) is 0.